The molecule has 2 amide bonds. The van der Waals surface area contributed by atoms with E-state index < -0.39 is 21.7 Å². The molecule has 1 aliphatic rings. The standard InChI is InChI=1S/C15H20N2O5S/c1-23(20,21)9-6-13(15(16)19)11-2-4-12(5-3-11)17-7-8-22-10-14(17)18/h2-5,13H,6-10H2,1H3,(H2,16,19). The average molecular weight is 340 g/mol. The number of amides is 2. The highest BCUT2D eigenvalue weighted by molar-refractivity contribution is 7.90. The van der Waals surface area contributed by atoms with Crippen LogP contribution >= 0.6 is 0 Å². The molecule has 1 atom stereocenters. The van der Waals surface area contributed by atoms with E-state index in [2.05, 4.69) is 0 Å². The van der Waals surface area contributed by atoms with Crippen LogP contribution in [0.15, 0.2) is 24.3 Å². The molecule has 1 aromatic carbocycles. The molecule has 1 aliphatic heterocycles. The minimum absolute atomic E-state index is 0.0556. The molecule has 1 fully saturated rings. The van der Waals surface area contributed by atoms with E-state index in [1.54, 1.807) is 29.2 Å². The van der Waals surface area contributed by atoms with Gasteiger partial charge in [0.1, 0.15) is 16.4 Å². The second-order valence-electron chi connectivity index (χ2n) is 5.56. The predicted molar refractivity (Wildman–Crippen MR) is 85.9 cm³/mol. The summed E-state index contributed by atoms with van der Waals surface area (Å²) >= 11 is 0. The fourth-order valence-electron chi connectivity index (χ4n) is 2.48. The summed E-state index contributed by atoms with van der Waals surface area (Å²) in [5.41, 5.74) is 6.75. The molecular formula is C15H20N2O5S. The molecule has 7 nitrogen and oxygen atoms in total. The lowest BCUT2D eigenvalue weighted by molar-refractivity contribution is -0.125. The zero-order valence-corrected chi connectivity index (χ0v) is 13.7. The van der Waals surface area contributed by atoms with Crippen molar-refractivity contribution >= 4 is 27.3 Å². The van der Waals surface area contributed by atoms with Crippen LogP contribution in [-0.4, -0.2) is 52.0 Å². The van der Waals surface area contributed by atoms with Crippen LogP contribution in [0.5, 0.6) is 0 Å². The van der Waals surface area contributed by atoms with E-state index in [1.807, 2.05) is 0 Å². The molecule has 0 bridgehead atoms. The normalized spacial score (nSPS) is 17.1. The van der Waals surface area contributed by atoms with E-state index in [-0.39, 0.29) is 24.7 Å². The van der Waals surface area contributed by atoms with Crippen molar-refractivity contribution in [3.63, 3.8) is 0 Å². The molecule has 2 N–H and O–H groups in total. The molecule has 0 radical (unpaired) electrons. The third kappa shape index (κ3) is 4.77. The molecule has 23 heavy (non-hydrogen) atoms. The number of hydrogen-bond donors (Lipinski definition) is 1. The molecular weight excluding hydrogens is 320 g/mol. The molecule has 1 saturated heterocycles. The number of carbonyl (C=O) groups is 2. The molecule has 1 aromatic rings. The van der Waals surface area contributed by atoms with Crippen molar-refractivity contribution in [2.75, 3.05) is 36.7 Å². The van der Waals surface area contributed by atoms with Gasteiger partial charge in [-0.25, -0.2) is 8.42 Å². The van der Waals surface area contributed by atoms with Gasteiger partial charge < -0.3 is 15.4 Å². The first-order valence-corrected chi connectivity index (χ1v) is 9.29. The van der Waals surface area contributed by atoms with Gasteiger partial charge in [0, 0.05) is 18.5 Å². The zero-order valence-electron chi connectivity index (χ0n) is 12.9. The van der Waals surface area contributed by atoms with Crippen molar-refractivity contribution in [3.8, 4) is 0 Å². The summed E-state index contributed by atoms with van der Waals surface area (Å²) in [4.78, 5) is 25.0. The second-order valence-corrected chi connectivity index (χ2v) is 7.82. The highest BCUT2D eigenvalue weighted by Crippen LogP contribution is 2.24. The fraction of sp³-hybridized carbons (Fsp3) is 0.467. The molecule has 0 aromatic heterocycles. The summed E-state index contributed by atoms with van der Waals surface area (Å²) in [5.74, 6) is -1.46. The number of benzene rings is 1. The second kappa shape index (κ2) is 7.10. The van der Waals surface area contributed by atoms with Crippen LogP contribution in [0.3, 0.4) is 0 Å². The summed E-state index contributed by atoms with van der Waals surface area (Å²) in [5, 5.41) is 0. The summed E-state index contributed by atoms with van der Waals surface area (Å²) in [6, 6.07) is 6.87. The van der Waals surface area contributed by atoms with Crippen LogP contribution in [0.4, 0.5) is 5.69 Å². The van der Waals surface area contributed by atoms with Crippen LogP contribution in [-0.2, 0) is 24.2 Å². The van der Waals surface area contributed by atoms with Gasteiger partial charge in [-0.15, -0.1) is 0 Å². The van der Waals surface area contributed by atoms with Gasteiger partial charge in [0.2, 0.25) is 5.91 Å². The van der Waals surface area contributed by atoms with Crippen molar-refractivity contribution in [3.05, 3.63) is 29.8 Å². The van der Waals surface area contributed by atoms with E-state index in [0.29, 0.717) is 24.4 Å². The van der Waals surface area contributed by atoms with Crippen LogP contribution < -0.4 is 10.6 Å². The monoisotopic (exact) mass is 340 g/mol. The summed E-state index contributed by atoms with van der Waals surface area (Å²) in [7, 11) is -3.17. The Morgan fingerprint density at radius 2 is 2.00 bits per heavy atom. The highest BCUT2D eigenvalue weighted by Gasteiger charge is 2.22. The Bertz CT molecular complexity index is 684. The van der Waals surface area contributed by atoms with Crippen molar-refractivity contribution in [2.24, 2.45) is 5.73 Å². The van der Waals surface area contributed by atoms with Gasteiger partial charge in [-0.05, 0) is 24.1 Å². The van der Waals surface area contributed by atoms with Crippen LogP contribution in [0, 0.1) is 0 Å². The number of nitrogens with two attached hydrogens (primary N) is 1. The van der Waals surface area contributed by atoms with E-state index >= 15 is 0 Å². The lowest BCUT2D eigenvalue weighted by atomic mass is 9.95. The van der Waals surface area contributed by atoms with Crippen LogP contribution in [0.1, 0.15) is 17.9 Å². The number of primary amides is 1. The van der Waals surface area contributed by atoms with Gasteiger partial charge in [0.05, 0.1) is 18.3 Å². The topological polar surface area (TPSA) is 107 Å². The quantitative estimate of drug-likeness (QED) is 0.788. The van der Waals surface area contributed by atoms with E-state index in [9.17, 15) is 18.0 Å². The minimum Gasteiger partial charge on any atom is -0.370 e. The van der Waals surface area contributed by atoms with E-state index in [1.165, 1.54) is 0 Å². The molecule has 1 unspecified atom stereocenters. The summed E-state index contributed by atoms with van der Waals surface area (Å²) in [6.45, 7) is 1.01. The largest absolute Gasteiger partial charge is 0.370 e. The lowest BCUT2D eigenvalue weighted by Crippen LogP contribution is -2.41. The number of nitrogens with zero attached hydrogens (tertiary/aromatic N) is 1. The van der Waals surface area contributed by atoms with Gasteiger partial charge in [-0.2, -0.15) is 0 Å². The van der Waals surface area contributed by atoms with Crippen LogP contribution in [0.25, 0.3) is 0 Å². The number of carbonyl (C=O) groups excluding carboxylic acids is 2. The van der Waals surface area contributed by atoms with Gasteiger partial charge in [-0.1, -0.05) is 12.1 Å². The summed E-state index contributed by atoms with van der Waals surface area (Å²) < 4.78 is 27.6. The number of anilines is 1. The van der Waals surface area contributed by atoms with Gasteiger partial charge in [-0.3, -0.25) is 9.59 Å². The molecule has 2 rings (SSSR count). The Kier molecular flexibility index (Phi) is 5.38. The van der Waals surface area contributed by atoms with E-state index in [0.717, 1.165) is 6.26 Å². The Balaban J connectivity index is 2.15. The maximum Gasteiger partial charge on any atom is 0.253 e. The highest BCUT2D eigenvalue weighted by atomic mass is 32.2. The van der Waals surface area contributed by atoms with Crippen molar-refractivity contribution in [1.29, 1.82) is 0 Å². The Morgan fingerprint density at radius 3 is 2.52 bits per heavy atom. The molecule has 8 heteroatoms. The number of morpholine rings is 1. The predicted octanol–water partition coefficient (Wildman–Crippen LogP) is 0.0534. The molecule has 0 saturated carbocycles. The van der Waals surface area contributed by atoms with Crippen molar-refractivity contribution in [2.45, 2.75) is 12.3 Å². The number of ether oxygens (including phenoxy) is 1. The van der Waals surface area contributed by atoms with Crippen molar-refractivity contribution < 1.29 is 22.7 Å². The first-order valence-electron chi connectivity index (χ1n) is 7.23. The van der Waals surface area contributed by atoms with Gasteiger partial charge >= 0.3 is 0 Å². The molecule has 0 aliphatic carbocycles. The maximum atomic E-state index is 11.8. The van der Waals surface area contributed by atoms with Gasteiger partial charge in [0.25, 0.3) is 5.91 Å². The zero-order chi connectivity index (χ0) is 17.0. The smallest absolute Gasteiger partial charge is 0.253 e. The van der Waals surface area contributed by atoms with E-state index in [4.69, 9.17) is 10.5 Å². The molecule has 126 valence electrons. The SMILES string of the molecule is CS(=O)(=O)CCC(C(N)=O)c1ccc(N2CCOCC2=O)cc1. The summed E-state index contributed by atoms with van der Waals surface area (Å²) in [6.07, 6.45) is 1.27. The first-order chi connectivity index (χ1) is 10.8. The Hall–Kier alpha value is -1.93. The third-order valence-electron chi connectivity index (χ3n) is 3.71. The fourth-order valence-corrected chi connectivity index (χ4v) is 3.15. The molecule has 1 heterocycles. The molecule has 0 spiro atoms. The first kappa shape index (κ1) is 17.4. The van der Waals surface area contributed by atoms with Crippen LogP contribution in [0.2, 0.25) is 0 Å². The number of hydrogen-bond acceptors (Lipinski definition) is 5. The number of sulfone groups is 1. The third-order valence-corrected chi connectivity index (χ3v) is 4.69. The lowest BCUT2D eigenvalue weighted by Gasteiger charge is -2.27. The van der Waals surface area contributed by atoms with Crippen molar-refractivity contribution in [1.82, 2.24) is 0 Å². The Labute approximate surface area is 135 Å². The minimum atomic E-state index is -3.17. The number of rotatable bonds is 6. The van der Waals surface area contributed by atoms with Gasteiger partial charge in [0.15, 0.2) is 0 Å². The maximum absolute atomic E-state index is 11.8. The Morgan fingerprint density at radius 1 is 1.35 bits per heavy atom. The average Bonchev–Trinajstić information content (AvgIpc) is 2.47.